The molecule has 9 nitrogen and oxygen atoms in total. The van der Waals surface area contributed by atoms with E-state index in [9.17, 15) is 14.4 Å². The highest BCUT2D eigenvalue weighted by Gasteiger charge is 2.50. The van der Waals surface area contributed by atoms with E-state index in [1.165, 1.54) is 0 Å². The first-order chi connectivity index (χ1) is 11.4. The second-order valence-electron chi connectivity index (χ2n) is 5.04. The highest BCUT2D eigenvalue weighted by molar-refractivity contribution is 5.90. The van der Waals surface area contributed by atoms with Gasteiger partial charge in [-0.15, -0.1) is 0 Å². The van der Waals surface area contributed by atoms with E-state index in [1.54, 1.807) is 0 Å². The Kier molecular flexibility index (Phi) is 5.72. The summed E-state index contributed by atoms with van der Waals surface area (Å²) in [6.45, 7) is 3.30. The van der Waals surface area contributed by atoms with Crippen LogP contribution in [0, 0.1) is 0 Å². The zero-order valence-corrected chi connectivity index (χ0v) is 12.5. The number of fused-ring (bicyclic) bond motifs is 1. The number of hydrogen-bond donors (Lipinski definition) is 2. The SMILES string of the molecule is C=C(O)C=CC(=O)O[C@H]1CO[C@H]2[C@@H]1OC[C@H]2OC(=O)C=CC(=O)O. The lowest BCUT2D eigenvalue weighted by Gasteiger charge is -2.16. The van der Waals surface area contributed by atoms with Crippen molar-refractivity contribution in [3.05, 3.63) is 36.6 Å². The Hall–Kier alpha value is -2.65. The van der Waals surface area contributed by atoms with E-state index in [0.717, 1.165) is 18.2 Å². The number of hydrogen-bond acceptors (Lipinski definition) is 8. The molecule has 2 aliphatic heterocycles. The van der Waals surface area contributed by atoms with Gasteiger partial charge in [0, 0.05) is 18.2 Å². The minimum atomic E-state index is -1.27. The van der Waals surface area contributed by atoms with Crippen LogP contribution in [0.5, 0.6) is 0 Å². The van der Waals surface area contributed by atoms with Gasteiger partial charge in [-0.05, 0) is 6.08 Å². The number of carbonyl (C=O) groups excluding carboxylic acids is 2. The summed E-state index contributed by atoms with van der Waals surface area (Å²) in [7, 11) is 0. The Balaban J connectivity index is 1.87. The van der Waals surface area contributed by atoms with Crippen molar-refractivity contribution in [2.24, 2.45) is 0 Å². The number of carboxylic acids is 1. The van der Waals surface area contributed by atoms with Crippen molar-refractivity contribution in [3.8, 4) is 0 Å². The van der Waals surface area contributed by atoms with Crippen LogP contribution in [-0.4, -0.2) is 65.8 Å². The summed E-state index contributed by atoms with van der Waals surface area (Å²) in [5.74, 6) is -3.09. The molecule has 9 heteroatoms. The van der Waals surface area contributed by atoms with E-state index < -0.39 is 42.3 Å². The molecule has 2 heterocycles. The predicted octanol–water partition coefficient (Wildman–Crippen LogP) is -0.124. The lowest BCUT2D eigenvalue weighted by Crippen LogP contribution is -2.35. The highest BCUT2D eigenvalue weighted by Crippen LogP contribution is 2.30. The molecule has 0 unspecified atom stereocenters. The molecule has 0 aromatic heterocycles. The monoisotopic (exact) mass is 340 g/mol. The molecule has 0 saturated carbocycles. The van der Waals surface area contributed by atoms with Gasteiger partial charge in [-0.25, -0.2) is 14.4 Å². The van der Waals surface area contributed by atoms with Crippen molar-refractivity contribution in [2.75, 3.05) is 13.2 Å². The van der Waals surface area contributed by atoms with Gasteiger partial charge in [-0.2, -0.15) is 0 Å². The molecular formula is C15H16O9. The number of carboxylic acid groups (broad SMARTS) is 1. The molecule has 130 valence electrons. The normalized spacial score (nSPS) is 28.8. The van der Waals surface area contributed by atoms with Gasteiger partial charge in [-0.1, -0.05) is 6.58 Å². The van der Waals surface area contributed by atoms with E-state index in [4.69, 9.17) is 29.2 Å². The molecule has 0 aromatic rings. The molecule has 0 bridgehead atoms. The maximum absolute atomic E-state index is 11.6. The number of aliphatic hydroxyl groups excluding tert-OH is 1. The number of allylic oxidation sites excluding steroid dienone is 1. The van der Waals surface area contributed by atoms with Gasteiger partial charge in [0.25, 0.3) is 0 Å². The minimum absolute atomic E-state index is 0.0410. The third kappa shape index (κ3) is 4.67. The topological polar surface area (TPSA) is 129 Å². The van der Waals surface area contributed by atoms with Crippen LogP contribution in [0.4, 0.5) is 0 Å². The highest BCUT2D eigenvalue weighted by atomic mass is 16.7. The molecule has 2 rings (SSSR count). The number of aliphatic carboxylic acids is 1. The van der Waals surface area contributed by atoms with E-state index in [0.29, 0.717) is 6.08 Å². The van der Waals surface area contributed by atoms with Crippen molar-refractivity contribution in [1.29, 1.82) is 0 Å². The molecule has 0 amide bonds. The molecule has 2 aliphatic rings. The fourth-order valence-electron chi connectivity index (χ4n) is 2.31. The van der Waals surface area contributed by atoms with Crippen LogP contribution in [0.15, 0.2) is 36.6 Å². The second kappa shape index (κ2) is 7.75. The first kappa shape index (κ1) is 17.7. The van der Waals surface area contributed by atoms with Gasteiger partial charge < -0.3 is 29.2 Å². The standard InChI is InChI=1S/C15H16O9/c1-8(16)2-4-12(19)23-9-6-21-15-10(7-22-14(9)15)24-13(20)5-3-11(17)18/h2-5,9-10,14-16H,1,6-7H2,(H,17,18)/t9-,10+,14+,15+/m0/s1. The quantitative estimate of drug-likeness (QED) is 0.294. The fraction of sp³-hybridized carbons (Fsp3) is 0.400. The van der Waals surface area contributed by atoms with Crippen molar-refractivity contribution in [2.45, 2.75) is 24.4 Å². The van der Waals surface area contributed by atoms with E-state index in [-0.39, 0.29) is 19.0 Å². The van der Waals surface area contributed by atoms with E-state index >= 15 is 0 Å². The molecule has 0 aromatic carbocycles. The average molecular weight is 340 g/mol. The molecule has 4 atom stereocenters. The molecule has 24 heavy (non-hydrogen) atoms. The summed E-state index contributed by atoms with van der Waals surface area (Å²) >= 11 is 0. The number of rotatable bonds is 6. The largest absolute Gasteiger partial charge is 0.509 e. The zero-order chi connectivity index (χ0) is 17.7. The van der Waals surface area contributed by atoms with Gasteiger partial charge >= 0.3 is 17.9 Å². The third-order valence-electron chi connectivity index (χ3n) is 3.27. The molecule has 2 saturated heterocycles. The van der Waals surface area contributed by atoms with Crippen LogP contribution < -0.4 is 0 Å². The third-order valence-corrected chi connectivity index (χ3v) is 3.27. The molecule has 0 aliphatic carbocycles. The van der Waals surface area contributed by atoms with Gasteiger partial charge in [0.2, 0.25) is 0 Å². The number of aliphatic hydroxyl groups is 1. The van der Waals surface area contributed by atoms with Gasteiger partial charge in [0.15, 0.2) is 12.2 Å². The van der Waals surface area contributed by atoms with Gasteiger partial charge in [0.1, 0.15) is 18.0 Å². The Morgan fingerprint density at radius 1 is 0.875 bits per heavy atom. The molecular weight excluding hydrogens is 324 g/mol. The maximum Gasteiger partial charge on any atom is 0.331 e. The summed E-state index contributed by atoms with van der Waals surface area (Å²) < 4.78 is 21.1. The minimum Gasteiger partial charge on any atom is -0.509 e. The molecule has 2 fully saturated rings. The van der Waals surface area contributed by atoms with Crippen LogP contribution in [0.2, 0.25) is 0 Å². The summed E-state index contributed by atoms with van der Waals surface area (Å²) in [4.78, 5) is 33.4. The van der Waals surface area contributed by atoms with Crippen molar-refractivity contribution in [1.82, 2.24) is 0 Å². The van der Waals surface area contributed by atoms with Gasteiger partial charge in [0.05, 0.1) is 13.2 Å². The smallest absolute Gasteiger partial charge is 0.331 e. The van der Waals surface area contributed by atoms with Crippen molar-refractivity contribution in [3.63, 3.8) is 0 Å². The van der Waals surface area contributed by atoms with Crippen LogP contribution in [-0.2, 0) is 33.3 Å². The fourth-order valence-corrected chi connectivity index (χ4v) is 2.31. The summed E-state index contributed by atoms with van der Waals surface area (Å²) in [6, 6.07) is 0. The number of ether oxygens (including phenoxy) is 4. The first-order valence-corrected chi connectivity index (χ1v) is 6.98. The van der Waals surface area contributed by atoms with Crippen molar-refractivity contribution < 1.29 is 43.5 Å². The van der Waals surface area contributed by atoms with E-state index in [2.05, 4.69) is 6.58 Å². The Morgan fingerprint density at radius 3 is 1.75 bits per heavy atom. The Morgan fingerprint density at radius 2 is 1.33 bits per heavy atom. The summed E-state index contributed by atoms with van der Waals surface area (Å²) in [6.07, 6.45) is 0.937. The number of esters is 2. The van der Waals surface area contributed by atoms with Crippen LogP contribution in [0.3, 0.4) is 0 Å². The van der Waals surface area contributed by atoms with E-state index in [1.807, 2.05) is 0 Å². The molecule has 2 N–H and O–H groups in total. The first-order valence-electron chi connectivity index (χ1n) is 6.98. The average Bonchev–Trinajstić information content (AvgIpc) is 3.07. The molecule has 0 spiro atoms. The van der Waals surface area contributed by atoms with Gasteiger partial charge in [-0.3, -0.25) is 0 Å². The maximum atomic E-state index is 11.6. The summed E-state index contributed by atoms with van der Waals surface area (Å²) in [5.41, 5.74) is 0. The lowest BCUT2D eigenvalue weighted by molar-refractivity contribution is -0.149. The van der Waals surface area contributed by atoms with Crippen LogP contribution >= 0.6 is 0 Å². The number of carbonyl (C=O) groups is 3. The Labute approximate surface area is 136 Å². The second-order valence-corrected chi connectivity index (χ2v) is 5.04. The predicted molar refractivity (Wildman–Crippen MR) is 76.9 cm³/mol. The van der Waals surface area contributed by atoms with Crippen molar-refractivity contribution >= 4 is 17.9 Å². The lowest BCUT2D eigenvalue weighted by atomic mass is 10.1. The van der Waals surface area contributed by atoms with Crippen LogP contribution in [0.1, 0.15) is 0 Å². The summed E-state index contributed by atoms with van der Waals surface area (Å²) in [5, 5.41) is 17.3. The molecule has 0 radical (unpaired) electrons. The Bertz CT molecular complexity index is 540. The van der Waals surface area contributed by atoms with Crippen LogP contribution in [0.25, 0.3) is 0 Å². The zero-order valence-electron chi connectivity index (χ0n) is 12.5.